The molecule has 2 bridgehead atoms. The molecule has 2 amide bonds. The monoisotopic (exact) mass is 561 g/mol. The zero-order chi connectivity index (χ0) is 29.5. The minimum absolute atomic E-state index is 0.0563. The first-order chi connectivity index (χ1) is 18.9. The van der Waals surface area contributed by atoms with E-state index >= 15 is 0 Å². The van der Waals surface area contributed by atoms with Crippen molar-refractivity contribution in [3.05, 3.63) is 0 Å². The fourth-order valence-electron chi connectivity index (χ4n) is 7.13. The second-order valence-electron chi connectivity index (χ2n) is 13.5. The summed E-state index contributed by atoms with van der Waals surface area (Å²) in [7, 11) is 1.14. The summed E-state index contributed by atoms with van der Waals surface area (Å²) < 4.78 is 13.3. The van der Waals surface area contributed by atoms with Crippen LogP contribution >= 0.6 is 0 Å². The molecule has 0 aromatic heterocycles. The van der Waals surface area contributed by atoms with Crippen LogP contribution in [-0.4, -0.2) is 62.2 Å². The van der Waals surface area contributed by atoms with E-state index in [-0.39, 0.29) is 34.9 Å². The molecule has 0 unspecified atom stereocenters. The van der Waals surface area contributed by atoms with Gasteiger partial charge < -0.3 is 31.0 Å². The Hall–Kier alpha value is -1.81. The van der Waals surface area contributed by atoms with Crippen LogP contribution in [0.4, 0.5) is 0 Å². The molecular formula is C30H56BN5O4. The number of carbonyl (C=O) groups is 2. The number of nitrogens with one attached hydrogen (secondary N) is 3. The number of aliphatic imine (C=N–C) groups is 1. The van der Waals surface area contributed by atoms with Gasteiger partial charge in [0.15, 0.2) is 5.96 Å². The van der Waals surface area contributed by atoms with Crippen LogP contribution in [0, 0.1) is 23.2 Å². The topological polar surface area (TPSA) is 127 Å². The number of guanidine groups is 1. The Morgan fingerprint density at radius 1 is 1.07 bits per heavy atom. The van der Waals surface area contributed by atoms with E-state index in [1.807, 2.05) is 0 Å². The number of hydrogen-bond donors (Lipinski definition) is 4. The van der Waals surface area contributed by atoms with Crippen molar-refractivity contribution in [2.75, 3.05) is 13.6 Å². The molecule has 10 heteroatoms. The smallest absolute Gasteiger partial charge is 0.404 e. The quantitative estimate of drug-likeness (QED) is 0.0979. The maximum atomic E-state index is 13.7. The Morgan fingerprint density at radius 3 is 2.45 bits per heavy atom. The molecule has 1 saturated heterocycles. The van der Waals surface area contributed by atoms with Crippen LogP contribution < -0.4 is 21.7 Å². The van der Waals surface area contributed by atoms with E-state index in [0.717, 1.165) is 32.1 Å². The number of amides is 2. The van der Waals surface area contributed by atoms with Gasteiger partial charge in [-0.2, -0.15) is 0 Å². The minimum atomic E-state index is -0.634. The van der Waals surface area contributed by atoms with Gasteiger partial charge in [0.1, 0.15) is 6.04 Å². The van der Waals surface area contributed by atoms with Crippen molar-refractivity contribution in [3.8, 4) is 0 Å². The summed E-state index contributed by atoms with van der Waals surface area (Å²) in [6, 6.07) is -0.634. The third kappa shape index (κ3) is 7.93. The molecule has 0 aromatic rings. The first-order valence-corrected chi connectivity index (χ1v) is 15.8. The normalized spacial score (nSPS) is 28.4. The summed E-state index contributed by atoms with van der Waals surface area (Å²) in [5.74, 6) is 1.28. The van der Waals surface area contributed by atoms with Gasteiger partial charge in [-0.1, -0.05) is 60.3 Å². The van der Waals surface area contributed by atoms with Crippen LogP contribution in [0.15, 0.2) is 4.99 Å². The van der Waals surface area contributed by atoms with E-state index in [1.165, 1.54) is 19.3 Å². The van der Waals surface area contributed by atoms with Gasteiger partial charge >= 0.3 is 7.12 Å². The molecule has 5 N–H and O–H groups in total. The van der Waals surface area contributed by atoms with E-state index in [0.29, 0.717) is 49.5 Å². The van der Waals surface area contributed by atoms with Crippen molar-refractivity contribution >= 4 is 24.9 Å². The molecule has 0 spiro atoms. The van der Waals surface area contributed by atoms with Crippen molar-refractivity contribution in [2.45, 2.75) is 136 Å². The van der Waals surface area contributed by atoms with Gasteiger partial charge in [-0.05, 0) is 68.6 Å². The number of unbranched alkanes of at least 4 members (excludes halogenated alkanes) is 4. The first kappa shape index (κ1) is 32.7. The van der Waals surface area contributed by atoms with Crippen LogP contribution in [0.25, 0.3) is 0 Å². The van der Waals surface area contributed by atoms with Gasteiger partial charge in [-0.25, -0.2) is 0 Å². The Kier molecular flexibility index (Phi) is 11.8. The summed E-state index contributed by atoms with van der Waals surface area (Å²) in [4.78, 5) is 30.4. The molecule has 4 rings (SSSR count). The molecule has 4 fully saturated rings. The van der Waals surface area contributed by atoms with Gasteiger partial charge in [0.2, 0.25) is 11.8 Å². The zero-order valence-electron chi connectivity index (χ0n) is 26.2. The van der Waals surface area contributed by atoms with Crippen LogP contribution in [0.1, 0.15) is 112 Å². The molecule has 0 aromatic carbocycles. The van der Waals surface area contributed by atoms with Gasteiger partial charge in [0, 0.05) is 20.0 Å². The van der Waals surface area contributed by atoms with E-state index in [1.54, 1.807) is 7.05 Å². The number of carbonyl (C=O) groups excluding carboxylic acids is 2. The zero-order valence-corrected chi connectivity index (χ0v) is 26.2. The lowest BCUT2D eigenvalue weighted by Crippen LogP contribution is -2.65. The molecule has 0 radical (unpaired) electrons. The maximum Gasteiger partial charge on any atom is 0.481 e. The second-order valence-corrected chi connectivity index (χ2v) is 13.5. The highest BCUT2D eigenvalue weighted by Crippen LogP contribution is 2.65. The average molecular weight is 562 g/mol. The van der Waals surface area contributed by atoms with E-state index in [9.17, 15) is 9.59 Å². The SMILES string of the molecule is CCCCCCCC(=O)N[C@@H](CCCNC(N)=NC)C(=O)N[C@@H](CC(C)C)B1O[C@@H]2C[C@@H]3C[C@@H](C3(C)C)[C@]2(C)O1. The largest absolute Gasteiger partial charge is 0.481 e. The van der Waals surface area contributed by atoms with Crippen molar-refractivity contribution in [1.82, 2.24) is 16.0 Å². The number of rotatable bonds is 16. The van der Waals surface area contributed by atoms with Gasteiger partial charge in [-0.15, -0.1) is 0 Å². The summed E-state index contributed by atoms with van der Waals surface area (Å²) in [5, 5.41) is 9.30. The molecule has 3 aliphatic carbocycles. The Bertz CT molecular complexity index is 884. The van der Waals surface area contributed by atoms with Crippen LogP contribution in [0.2, 0.25) is 0 Å². The number of hydrogen-bond acceptors (Lipinski definition) is 5. The Balaban J connectivity index is 1.64. The lowest BCUT2D eigenvalue weighted by molar-refractivity contribution is -0.199. The van der Waals surface area contributed by atoms with Gasteiger partial charge in [-0.3, -0.25) is 14.6 Å². The molecule has 4 aliphatic rings. The molecular weight excluding hydrogens is 505 g/mol. The second kappa shape index (κ2) is 14.4. The summed E-state index contributed by atoms with van der Waals surface area (Å²) in [6.07, 6.45) is 9.93. The maximum absolute atomic E-state index is 13.7. The third-order valence-electron chi connectivity index (χ3n) is 9.73. The highest BCUT2D eigenvalue weighted by atomic mass is 16.7. The van der Waals surface area contributed by atoms with Crippen LogP contribution in [-0.2, 0) is 18.9 Å². The van der Waals surface area contributed by atoms with E-state index < -0.39 is 13.2 Å². The van der Waals surface area contributed by atoms with Crippen molar-refractivity contribution in [3.63, 3.8) is 0 Å². The average Bonchev–Trinajstić information content (AvgIpc) is 3.26. The minimum Gasteiger partial charge on any atom is -0.404 e. The molecule has 228 valence electrons. The fourth-order valence-corrected chi connectivity index (χ4v) is 7.13. The highest BCUT2D eigenvalue weighted by molar-refractivity contribution is 6.48. The molecule has 9 nitrogen and oxygen atoms in total. The molecule has 40 heavy (non-hydrogen) atoms. The summed E-state index contributed by atoms with van der Waals surface area (Å²) in [5.41, 5.74) is 5.68. The lowest BCUT2D eigenvalue weighted by Gasteiger charge is -2.64. The predicted octanol–water partition coefficient (Wildman–Crippen LogP) is 3.94. The van der Waals surface area contributed by atoms with E-state index in [2.05, 4.69) is 62.5 Å². The number of nitrogens with zero attached hydrogens (tertiary/aromatic N) is 1. The Labute approximate surface area is 243 Å². The number of nitrogens with two attached hydrogens (primary N) is 1. The highest BCUT2D eigenvalue weighted by Gasteiger charge is 2.68. The Morgan fingerprint density at radius 2 is 1.80 bits per heavy atom. The van der Waals surface area contributed by atoms with E-state index in [4.69, 9.17) is 15.0 Å². The van der Waals surface area contributed by atoms with Crippen molar-refractivity contribution in [2.24, 2.45) is 33.9 Å². The summed E-state index contributed by atoms with van der Waals surface area (Å²) >= 11 is 0. The molecule has 3 saturated carbocycles. The van der Waals surface area contributed by atoms with Crippen molar-refractivity contribution in [1.29, 1.82) is 0 Å². The summed E-state index contributed by atoms with van der Waals surface area (Å²) in [6.45, 7) is 13.9. The first-order valence-electron chi connectivity index (χ1n) is 15.8. The lowest BCUT2D eigenvalue weighted by atomic mass is 9.43. The molecule has 1 aliphatic heterocycles. The van der Waals surface area contributed by atoms with Crippen LogP contribution in [0.5, 0.6) is 0 Å². The standard InChI is InChI=1S/C30H56BN5O4/c1-8-9-10-11-12-15-26(37)35-22(14-13-16-34-28(32)33-7)27(38)36-25(17-20(2)3)31-39-24-19-21-18-23(29(21,4)5)30(24,6)40-31/h20-25H,8-19H2,1-7H3,(H,35,37)(H,36,38)(H3,32,33,34)/t21-,22-,23-,24+,25-,30-/m0/s1. The van der Waals surface area contributed by atoms with Crippen LogP contribution in [0.3, 0.4) is 0 Å². The van der Waals surface area contributed by atoms with Gasteiger partial charge in [0.05, 0.1) is 17.6 Å². The van der Waals surface area contributed by atoms with Gasteiger partial charge in [0.25, 0.3) is 0 Å². The molecule has 1 heterocycles. The fraction of sp³-hybridized carbons (Fsp3) is 0.900. The van der Waals surface area contributed by atoms with Crippen molar-refractivity contribution < 1.29 is 18.9 Å². The third-order valence-corrected chi connectivity index (χ3v) is 9.73. The molecule has 6 atom stereocenters. The predicted molar refractivity (Wildman–Crippen MR) is 162 cm³/mol.